The molecular weight excluding hydrogens is 320 g/mol. The van der Waals surface area contributed by atoms with Crippen molar-refractivity contribution in [3.05, 3.63) is 29.8 Å². The van der Waals surface area contributed by atoms with Crippen LogP contribution in [0.2, 0.25) is 0 Å². The molecule has 136 valence electrons. The second kappa shape index (κ2) is 8.65. The van der Waals surface area contributed by atoms with Crippen LogP contribution < -0.4 is 5.32 Å². The Kier molecular flexibility index (Phi) is 6.56. The van der Waals surface area contributed by atoms with E-state index in [1.807, 2.05) is 13.8 Å². The van der Waals surface area contributed by atoms with Gasteiger partial charge >= 0.3 is 5.97 Å². The molecule has 2 atom stereocenters. The summed E-state index contributed by atoms with van der Waals surface area (Å²) in [6.07, 6.45) is 2.87. The molecular formula is C19H26N2O4. The fourth-order valence-electron chi connectivity index (χ4n) is 3.36. The number of hydrogen-bond donors (Lipinski definition) is 2. The molecule has 0 aliphatic heterocycles. The second-order valence-corrected chi connectivity index (χ2v) is 6.38. The van der Waals surface area contributed by atoms with Gasteiger partial charge in [0.05, 0.1) is 11.8 Å². The number of amides is 2. The maximum atomic E-state index is 12.5. The van der Waals surface area contributed by atoms with Crippen LogP contribution in [0.3, 0.4) is 0 Å². The van der Waals surface area contributed by atoms with Crippen molar-refractivity contribution in [2.75, 3.05) is 18.4 Å². The molecule has 1 fully saturated rings. The summed E-state index contributed by atoms with van der Waals surface area (Å²) in [6.45, 7) is 5.15. The molecule has 1 aromatic carbocycles. The number of nitrogens with one attached hydrogen (secondary N) is 1. The van der Waals surface area contributed by atoms with Crippen LogP contribution in [0.5, 0.6) is 0 Å². The highest BCUT2D eigenvalue weighted by Crippen LogP contribution is 2.31. The Morgan fingerprint density at radius 2 is 1.60 bits per heavy atom. The first kappa shape index (κ1) is 19.0. The summed E-state index contributed by atoms with van der Waals surface area (Å²) in [5, 5.41) is 12.1. The summed E-state index contributed by atoms with van der Waals surface area (Å²) < 4.78 is 0. The topological polar surface area (TPSA) is 86.7 Å². The van der Waals surface area contributed by atoms with Crippen molar-refractivity contribution in [1.29, 1.82) is 0 Å². The highest BCUT2D eigenvalue weighted by Gasteiger charge is 2.35. The van der Waals surface area contributed by atoms with Crippen LogP contribution in [0.15, 0.2) is 24.3 Å². The van der Waals surface area contributed by atoms with E-state index in [9.17, 15) is 19.5 Å². The van der Waals surface area contributed by atoms with E-state index in [1.165, 1.54) is 0 Å². The normalized spacial score (nSPS) is 19.9. The lowest BCUT2D eigenvalue weighted by Gasteiger charge is -2.27. The van der Waals surface area contributed by atoms with Gasteiger partial charge < -0.3 is 15.3 Å². The fraction of sp³-hybridized carbons (Fsp3) is 0.526. The number of carbonyl (C=O) groups is 3. The number of nitrogens with zero attached hydrogens (tertiary/aromatic N) is 1. The van der Waals surface area contributed by atoms with Crippen molar-refractivity contribution in [3.63, 3.8) is 0 Å². The first-order valence-electron chi connectivity index (χ1n) is 8.90. The third-order valence-corrected chi connectivity index (χ3v) is 4.87. The zero-order valence-corrected chi connectivity index (χ0v) is 14.8. The molecule has 1 aliphatic carbocycles. The summed E-state index contributed by atoms with van der Waals surface area (Å²) >= 11 is 0. The molecule has 2 rings (SSSR count). The molecule has 2 amide bonds. The van der Waals surface area contributed by atoms with Gasteiger partial charge in [-0.3, -0.25) is 14.4 Å². The molecule has 0 aromatic heterocycles. The summed E-state index contributed by atoms with van der Waals surface area (Å²) in [6, 6.07) is 6.75. The van der Waals surface area contributed by atoms with E-state index in [4.69, 9.17) is 0 Å². The minimum absolute atomic E-state index is 0.0406. The van der Waals surface area contributed by atoms with Crippen LogP contribution in [-0.2, 0) is 9.59 Å². The van der Waals surface area contributed by atoms with Crippen molar-refractivity contribution in [3.8, 4) is 0 Å². The first-order valence-corrected chi connectivity index (χ1v) is 8.90. The van der Waals surface area contributed by atoms with Gasteiger partial charge in [0.15, 0.2) is 0 Å². The summed E-state index contributed by atoms with van der Waals surface area (Å²) in [4.78, 5) is 37.8. The average molecular weight is 346 g/mol. The summed E-state index contributed by atoms with van der Waals surface area (Å²) in [5.41, 5.74) is 1.15. The van der Waals surface area contributed by atoms with Crippen LogP contribution in [0, 0.1) is 11.8 Å². The largest absolute Gasteiger partial charge is 0.481 e. The number of anilines is 1. The Bertz CT molecular complexity index is 623. The third kappa shape index (κ3) is 4.59. The molecule has 1 aliphatic rings. The van der Waals surface area contributed by atoms with Gasteiger partial charge in [-0.05, 0) is 51.0 Å². The second-order valence-electron chi connectivity index (χ2n) is 6.38. The Morgan fingerprint density at radius 3 is 2.12 bits per heavy atom. The van der Waals surface area contributed by atoms with E-state index in [0.29, 0.717) is 37.2 Å². The fourth-order valence-corrected chi connectivity index (χ4v) is 3.36. The predicted octanol–water partition coefficient (Wildman–Crippen LogP) is 3.00. The molecule has 25 heavy (non-hydrogen) atoms. The Morgan fingerprint density at radius 1 is 1.04 bits per heavy atom. The number of rotatable bonds is 6. The molecule has 6 heteroatoms. The van der Waals surface area contributed by atoms with E-state index < -0.39 is 17.8 Å². The lowest BCUT2D eigenvalue weighted by atomic mass is 9.78. The highest BCUT2D eigenvalue weighted by molar-refractivity contribution is 5.97. The van der Waals surface area contributed by atoms with Gasteiger partial charge in [0.25, 0.3) is 5.91 Å². The maximum Gasteiger partial charge on any atom is 0.307 e. The summed E-state index contributed by atoms with van der Waals surface area (Å²) in [5.74, 6) is -2.31. The van der Waals surface area contributed by atoms with Gasteiger partial charge in [-0.25, -0.2) is 0 Å². The lowest BCUT2D eigenvalue weighted by Crippen LogP contribution is -2.36. The zero-order valence-electron chi connectivity index (χ0n) is 14.8. The van der Waals surface area contributed by atoms with Crippen molar-refractivity contribution in [1.82, 2.24) is 4.90 Å². The predicted molar refractivity (Wildman–Crippen MR) is 95.4 cm³/mol. The Balaban J connectivity index is 2.04. The smallest absolute Gasteiger partial charge is 0.307 e. The zero-order chi connectivity index (χ0) is 18.4. The van der Waals surface area contributed by atoms with Gasteiger partial charge in [0.1, 0.15) is 0 Å². The number of benzene rings is 1. The van der Waals surface area contributed by atoms with Crippen LogP contribution in [0.4, 0.5) is 5.69 Å². The standard InChI is InChI=1S/C19H26N2O4/c1-3-21(4-2)18(23)13-9-11-14(12-10-13)20-17(22)15-7-5-6-8-16(15)19(24)25/h9-12,15-16H,3-8H2,1-2H3,(H,20,22)(H,24,25)/t15-,16+/m0/s1. The number of aliphatic carboxylic acids is 1. The van der Waals surface area contributed by atoms with Gasteiger partial charge in [-0.1, -0.05) is 12.8 Å². The quantitative estimate of drug-likeness (QED) is 0.829. The molecule has 0 unspecified atom stereocenters. The van der Waals surface area contributed by atoms with Gasteiger partial charge in [0, 0.05) is 24.3 Å². The molecule has 2 N–H and O–H groups in total. The molecule has 6 nitrogen and oxygen atoms in total. The molecule has 0 saturated heterocycles. The van der Waals surface area contributed by atoms with Crippen molar-refractivity contribution >= 4 is 23.5 Å². The van der Waals surface area contributed by atoms with Crippen molar-refractivity contribution < 1.29 is 19.5 Å². The van der Waals surface area contributed by atoms with Crippen LogP contribution >= 0.6 is 0 Å². The number of hydrogen-bond acceptors (Lipinski definition) is 3. The Labute approximate surface area is 148 Å². The maximum absolute atomic E-state index is 12.5. The number of carboxylic acids is 1. The Hall–Kier alpha value is -2.37. The van der Waals surface area contributed by atoms with Crippen LogP contribution in [-0.4, -0.2) is 40.9 Å². The molecule has 0 spiro atoms. The number of carbonyl (C=O) groups excluding carboxylic acids is 2. The van der Waals surface area contributed by atoms with E-state index in [0.717, 1.165) is 12.8 Å². The minimum Gasteiger partial charge on any atom is -0.481 e. The van der Waals surface area contributed by atoms with Crippen molar-refractivity contribution in [2.24, 2.45) is 11.8 Å². The van der Waals surface area contributed by atoms with Crippen LogP contribution in [0.25, 0.3) is 0 Å². The molecule has 0 radical (unpaired) electrons. The molecule has 0 bridgehead atoms. The average Bonchev–Trinajstić information content (AvgIpc) is 2.63. The molecule has 1 aromatic rings. The molecule has 0 heterocycles. The van der Waals surface area contributed by atoms with Gasteiger partial charge in [-0.15, -0.1) is 0 Å². The van der Waals surface area contributed by atoms with E-state index >= 15 is 0 Å². The monoisotopic (exact) mass is 346 g/mol. The van der Waals surface area contributed by atoms with E-state index in [1.54, 1.807) is 29.2 Å². The van der Waals surface area contributed by atoms with Gasteiger partial charge in [0.2, 0.25) is 5.91 Å². The SMILES string of the molecule is CCN(CC)C(=O)c1ccc(NC(=O)[C@H]2CCCC[C@H]2C(=O)O)cc1. The van der Waals surface area contributed by atoms with Crippen LogP contribution in [0.1, 0.15) is 49.9 Å². The lowest BCUT2D eigenvalue weighted by molar-refractivity contribution is -0.147. The summed E-state index contributed by atoms with van der Waals surface area (Å²) in [7, 11) is 0. The van der Waals surface area contributed by atoms with E-state index in [-0.39, 0.29) is 11.8 Å². The third-order valence-electron chi connectivity index (χ3n) is 4.87. The van der Waals surface area contributed by atoms with Gasteiger partial charge in [-0.2, -0.15) is 0 Å². The molecule has 1 saturated carbocycles. The minimum atomic E-state index is -0.903. The van der Waals surface area contributed by atoms with E-state index in [2.05, 4.69) is 5.32 Å². The number of carboxylic acid groups (broad SMARTS) is 1. The van der Waals surface area contributed by atoms with Crippen molar-refractivity contribution in [2.45, 2.75) is 39.5 Å². The highest BCUT2D eigenvalue weighted by atomic mass is 16.4. The first-order chi connectivity index (χ1) is 12.0.